The summed E-state index contributed by atoms with van der Waals surface area (Å²) in [6, 6.07) is 0. The largest absolute Gasteiger partial charge is 0.472 e. The number of carbonyl (C=O) groups excluding carboxylic acids is 4. The van der Waals surface area contributed by atoms with Crippen LogP contribution in [0.25, 0.3) is 0 Å². The van der Waals surface area contributed by atoms with E-state index in [2.05, 4.69) is 55.4 Å². The number of rotatable bonds is 73. The van der Waals surface area contributed by atoms with Crippen molar-refractivity contribution in [2.24, 2.45) is 23.7 Å². The summed E-state index contributed by atoms with van der Waals surface area (Å²) < 4.78 is 68.5. The molecular weight excluding hydrogens is 1250 g/mol. The Hall–Kier alpha value is -1.94. The quantitative estimate of drug-likeness (QED) is 0.0222. The van der Waals surface area contributed by atoms with Gasteiger partial charge in [0.05, 0.1) is 26.4 Å². The average molecular weight is 1400 g/mol. The number of esters is 4. The van der Waals surface area contributed by atoms with Crippen molar-refractivity contribution in [2.75, 3.05) is 39.6 Å². The van der Waals surface area contributed by atoms with Crippen LogP contribution in [0.15, 0.2) is 0 Å². The number of hydrogen-bond acceptors (Lipinski definition) is 15. The number of ether oxygens (including phenoxy) is 4. The molecule has 0 radical (unpaired) electrons. The molecular formula is C76H148O17P2. The lowest BCUT2D eigenvalue weighted by atomic mass is 9.99. The molecule has 0 aliphatic rings. The Morgan fingerprint density at radius 2 is 0.505 bits per heavy atom. The van der Waals surface area contributed by atoms with Gasteiger partial charge in [0.25, 0.3) is 0 Å². The molecule has 0 aromatic carbocycles. The van der Waals surface area contributed by atoms with Crippen molar-refractivity contribution in [3.63, 3.8) is 0 Å². The number of unbranched alkanes of at least 4 members (excludes halogenated alkanes) is 37. The van der Waals surface area contributed by atoms with E-state index in [0.717, 1.165) is 114 Å². The van der Waals surface area contributed by atoms with Crippen LogP contribution in [-0.4, -0.2) is 96.7 Å². The van der Waals surface area contributed by atoms with Crippen molar-refractivity contribution in [3.05, 3.63) is 0 Å². The molecule has 0 saturated carbocycles. The third-order valence-corrected chi connectivity index (χ3v) is 20.2. The predicted octanol–water partition coefficient (Wildman–Crippen LogP) is 22.0. The van der Waals surface area contributed by atoms with E-state index in [0.29, 0.717) is 25.7 Å². The molecule has 0 aromatic rings. The summed E-state index contributed by atoms with van der Waals surface area (Å²) in [5.41, 5.74) is 0. The Balaban J connectivity index is 5.26. The zero-order chi connectivity index (χ0) is 70.3. The molecule has 0 rings (SSSR count). The van der Waals surface area contributed by atoms with E-state index < -0.39 is 97.5 Å². The molecule has 0 spiro atoms. The summed E-state index contributed by atoms with van der Waals surface area (Å²) in [5.74, 6) is 0.988. The molecule has 0 amide bonds. The molecule has 0 aliphatic heterocycles. The Kier molecular flexibility index (Phi) is 64.0. The topological polar surface area (TPSA) is 237 Å². The Labute approximate surface area is 581 Å². The minimum Gasteiger partial charge on any atom is -0.462 e. The van der Waals surface area contributed by atoms with Crippen molar-refractivity contribution >= 4 is 39.5 Å². The van der Waals surface area contributed by atoms with Crippen molar-refractivity contribution in [1.82, 2.24) is 0 Å². The maximum absolute atomic E-state index is 13.1. The Morgan fingerprint density at radius 1 is 0.295 bits per heavy atom. The second kappa shape index (κ2) is 65.4. The van der Waals surface area contributed by atoms with E-state index in [1.165, 1.54) is 186 Å². The van der Waals surface area contributed by atoms with Gasteiger partial charge in [-0.2, -0.15) is 0 Å². The van der Waals surface area contributed by atoms with Gasteiger partial charge in [0.15, 0.2) is 12.2 Å². The van der Waals surface area contributed by atoms with E-state index in [4.69, 9.17) is 37.0 Å². The van der Waals surface area contributed by atoms with Crippen LogP contribution < -0.4 is 0 Å². The first-order valence-corrected chi connectivity index (χ1v) is 42.3. The lowest BCUT2D eigenvalue weighted by Crippen LogP contribution is -2.30. The molecule has 0 fully saturated rings. The highest BCUT2D eigenvalue weighted by atomic mass is 31.2. The number of hydrogen-bond donors (Lipinski definition) is 3. The van der Waals surface area contributed by atoms with Gasteiger partial charge in [-0.15, -0.1) is 0 Å². The zero-order valence-electron chi connectivity index (χ0n) is 62.3. The standard InChI is InChI=1S/C76H148O17P2/c1-9-68(7)54-46-38-30-21-18-19-23-35-43-51-59-76(81)93-71(62-86-73(78)56-48-40-32-26-24-29-37-45-53-67(5)6)64-90-94(82,83)88-60-70(77)61-89-95(84,85)91-65-72(63-87-74(79)57-49-41-33-27-25-31-39-47-55-69(8)10-2)92-75(80)58-50-42-34-22-17-15-13-11-12-14-16-20-28-36-44-52-66(3)4/h66-72,77H,9-65H2,1-8H3,(H,82,83)(H,84,85)/t68?,69?,70?,71-,72-/m1/s1. The Morgan fingerprint density at radius 3 is 0.747 bits per heavy atom. The van der Waals surface area contributed by atoms with Crippen LogP contribution in [0.3, 0.4) is 0 Å². The Bertz CT molecular complexity index is 1870. The van der Waals surface area contributed by atoms with Crippen LogP contribution in [0.1, 0.15) is 383 Å². The van der Waals surface area contributed by atoms with Crippen LogP contribution in [0.5, 0.6) is 0 Å². The average Bonchev–Trinajstić information content (AvgIpc) is 1.41. The first-order valence-electron chi connectivity index (χ1n) is 39.3. The van der Waals surface area contributed by atoms with Crippen molar-refractivity contribution in [2.45, 2.75) is 401 Å². The molecule has 5 unspecified atom stereocenters. The lowest BCUT2D eigenvalue weighted by Gasteiger charge is -2.21. The summed E-state index contributed by atoms with van der Waals surface area (Å²) in [6.45, 7) is 14.2. The van der Waals surface area contributed by atoms with E-state index in [1.54, 1.807) is 0 Å². The fourth-order valence-electron chi connectivity index (χ4n) is 11.5. The monoisotopic (exact) mass is 1400 g/mol. The third kappa shape index (κ3) is 67.6. The number of phosphoric ester groups is 2. The zero-order valence-corrected chi connectivity index (χ0v) is 64.1. The molecule has 0 heterocycles. The van der Waals surface area contributed by atoms with Gasteiger partial charge < -0.3 is 33.8 Å². The van der Waals surface area contributed by atoms with Gasteiger partial charge in [-0.3, -0.25) is 37.3 Å². The van der Waals surface area contributed by atoms with Crippen LogP contribution in [0.2, 0.25) is 0 Å². The minimum atomic E-state index is -4.96. The van der Waals surface area contributed by atoms with Gasteiger partial charge in [0, 0.05) is 25.7 Å². The predicted molar refractivity (Wildman–Crippen MR) is 386 cm³/mol. The second-order valence-electron chi connectivity index (χ2n) is 28.8. The SMILES string of the molecule is CCC(C)CCCCCCCCCCCCC(=O)O[C@H](COC(=O)CCCCCCCCCCC(C)C)COP(=O)(O)OCC(O)COP(=O)(O)OC[C@@H](COC(=O)CCCCCCCCCCC(C)CC)OC(=O)CCCCCCCCCCCCCCCCCC(C)C. The maximum atomic E-state index is 13.1. The van der Waals surface area contributed by atoms with E-state index >= 15 is 0 Å². The second-order valence-corrected chi connectivity index (χ2v) is 31.7. The van der Waals surface area contributed by atoms with Gasteiger partial charge in [-0.1, -0.05) is 331 Å². The first kappa shape index (κ1) is 93.1. The van der Waals surface area contributed by atoms with E-state index in [1.807, 2.05) is 0 Å². The molecule has 3 N–H and O–H groups in total. The van der Waals surface area contributed by atoms with Crippen LogP contribution in [0, 0.1) is 23.7 Å². The van der Waals surface area contributed by atoms with E-state index in [-0.39, 0.29) is 25.7 Å². The van der Waals surface area contributed by atoms with Gasteiger partial charge >= 0.3 is 39.5 Å². The highest BCUT2D eigenvalue weighted by Crippen LogP contribution is 2.45. The molecule has 0 aromatic heterocycles. The van der Waals surface area contributed by atoms with Crippen LogP contribution in [-0.2, 0) is 65.4 Å². The summed E-state index contributed by atoms with van der Waals surface area (Å²) in [4.78, 5) is 72.8. The van der Waals surface area contributed by atoms with Crippen molar-refractivity contribution in [1.29, 1.82) is 0 Å². The molecule has 0 bridgehead atoms. The van der Waals surface area contributed by atoms with Crippen molar-refractivity contribution in [3.8, 4) is 0 Å². The molecule has 7 atom stereocenters. The van der Waals surface area contributed by atoms with Crippen LogP contribution >= 0.6 is 15.6 Å². The summed E-state index contributed by atoms with van der Waals surface area (Å²) in [7, 11) is -9.91. The smallest absolute Gasteiger partial charge is 0.462 e. The highest BCUT2D eigenvalue weighted by molar-refractivity contribution is 7.47. The minimum absolute atomic E-state index is 0.105. The fourth-order valence-corrected chi connectivity index (χ4v) is 13.1. The van der Waals surface area contributed by atoms with Gasteiger partial charge in [0.2, 0.25) is 0 Å². The maximum Gasteiger partial charge on any atom is 0.472 e. The molecule has 95 heavy (non-hydrogen) atoms. The van der Waals surface area contributed by atoms with Crippen molar-refractivity contribution < 1.29 is 80.2 Å². The highest BCUT2D eigenvalue weighted by Gasteiger charge is 2.30. The number of aliphatic hydroxyl groups excluding tert-OH is 1. The van der Waals surface area contributed by atoms with Crippen LogP contribution in [0.4, 0.5) is 0 Å². The van der Waals surface area contributed by atoms with Gasteiger partial charge in [0.1, 0.15) is 19.3 Å². The summed E-state index contributed by atoms with van der Waals surface area (Å²) in [5, 5.41) is 10.6. The third-order valence-electron chi connectivity index (χ3n) is 18.3. The lowest BCUT2D eigenvalue weighted by molar-refractivity contribution is -0.161. The normalized spacial score (nSPS) is 14.7. The molecule has 17 nitrogen and oxygen atoms in total. The molecule has 0 aliphatic carbocycles. The molecule has 564 valence electrons. The van der Waals surface area contributed by atoms with E-state index in [9.17, 15) is 43.2 Å². The summed E-state index contributed by atoms with van der Waals surface area (Å²) >= 11 is 0. The molecule has 0 saturated heterocycles. The number of carbonyl (C=O) groups is 4. The number of phosphoric acid groups is 2. The first-order chi connectivity index (χ1) is 45.7. The van der Waals surface area contributed by atoms with Gasteiger partial charge in [-0.05, 0) is 49.4 Å². The fraction of sp³-hybridized carbons (Fsp3) is 0.947. The molecule has 19 heteroatoms. The summed E-state index contributed by atoms with van der Waals surface area (Å²) in [6.07, 6.45) is 49.8. The van der Waals surface area contributed by atoms with Gasteiger partial charge in [-0.25, -0.2) is 9.13 Å². The number of aliphatic hydroxyl groups is 1.